The quantitative estimate of drug-likeness (QED) is 0.711. The predicted molar refractivity (Wildman–Crippen MR) is 107 cm³/mol. The first-order valence-corrected chi connectivity index (χ1v) is 10.7. The highest BCUT2D eigenvalue weighted by Crippen LogP contribution is 2.38. The molecule has 0 spiro atoms. The highest BCUT2D eigenvalue weighted by molar-refractivity contribution is 5.71. The minimum Gasteiger partial charge on any atom is -0.472 e. The maximum atomic E-state index is 12.9. The second-order valence-corrected chi connectivity index (χ2v) is 8.52. The van der Waals surface area contributed by atoms with Gasteiger partial charge in [0.05, 0.1) is 23.7 Å². The van der Waals surface area contributed by atoms with Crippen LogP contribution in [0.5, 0.6) is 11.6 Å². The number of hydrogen-bond acceptors (Lipinski definition) is 6. The molecule has 0 radical (unpaired) electrons. The van der Waals surface area contributed by atoms with Gasteiger partial charge in [0.2, 0.25) is 5.88 Å². The monoisotopic (exact) mass is 448 g/mol. The van der Waals surface area contributed by atoms with Crippen molar-refractivity contribution >= 4 is 6.09 Å². The Balaban J connectivity index is 1.15. The van der Waals surface area contributed by atoms with Crippen molar-refractivity contribution in [1.29, 1.82) is 0 Å². The molecule has 1 aromatic carbocycles. The van der Waals surface area contributed by atoms with Gasteiger partial charge in [-0.2, -0.15) is 13.2 Å². The van der Waals surface area contributed by atoms with Crippen molar-refractivity contribution in [1.82, 2.24) is 19.8 Å². The number of piperazine rings is 1. The van der Waals surface area contributed by atoms with Crippen LogP contribution < -0.4 is 9.47 Å². The number of amides is 1. The summed E-state index contributed by atoms with van der Waals surface area (Å²) in [5, 5.41) is 0. The van der Waals surface area contributed by atoms with E-state index in [0.717, 1.165) is 30.8 Å². The molecule has 5 rings (SSSR count). The summed E-state index contributed by atoms with van der Waals surface area (Å²) < 4.78 is 49.9. The van der Waals surface area contributed by atoms with E-state index in [1.54, 1.807) is 12.4 Å². The molecule has 0 bridgehead atoms. The molecule has 10 heteroatoms. The van der Waals surface area contributed by atoms with Gasteiger partial charge in [0.1, 0.15) is 11.9 Å². The van der Waals surface area contributed by atoms with Crippen LogP contribution in [0.25, 0.3) is 0 Å². The molecule has 1 aromatic heterocycles. The molecule has 3 fully saturated rings. The SMILES string of the molecule is O=C(Oc1cccc(C(F)(F)F)c1)N1CCN2C[C@H](Oc3cnc(C4CC4)cn3)C[C@H]2C1. The molecule has 1 amide bonds. The largest absolute Gasteiger partial charge is 0.472 e. The van der Waals surface area contributed by atoms with Crippen molar-refractivity contribution in [2.45, 2.75) is 43.5 Å². The summed E-state index contributed by atoms with van der Waals surface area (Å²) in [6, 6.07) is 4.45. The molecular weight excluding hydrogens is 425 g/mol. The first-order valence-electron chi connectivity index (χ1n) is 10.7. The number of ether oxygens (including phenoxy) is 2. The van der Waals surface area contributed by atoms with E-state index in [4.69, 9.17) is 9.47 Å². The molecule has 2 atom stereocenters. The number of fused-ring (bicyclic) bond motifs is 1. The number of carbonyl (C=O) groups is 1. The molecule has 2 saturated heterocycles. The van der Waals surface area contributed by atoms with E-state index in [1.807, 2.05) is 0 Å². The van der Waals surface area contributed by atoms with E-state index < -0.39 is 17.8 Å². The van der Waals surface area contributed by atoms with E-state index >= 15 is 0 Å². The Hall–Kier alpha value is -2.88. The van der Waals surface area contributed by atoms with E-state index in [1.165, 1.54) is 29.9 Å². The summed E-state index contributed by atoms with van der Waals surface area (Å²) >= 11 is 0. The van der Waals surface area contributed by atoms with Crippen LogP contribution in [0.1, 0.15) is 36.4 Å². The van der Waals surface area contributed by atoms with E-state index in [0.29, 0.717) is 31.4 Å². The summed E-state index contributed by atoms with van der Waals surface area (Å²) in [6.07, 6.45) is 1.32. The van der Waals surface area contributed by atoms with Gasteiger partial charge in [0.15, 0.2) is 0 Å². The van der Waals surface area contributed by atoms with Crippen LogP contribution in [0, 0.1) is 0 Å². The molecule has 3 aliphatic rings. The maximum Gasteiger partial charge on any atom is 0.416 e. The van der Waals surface area contributed by atoms with E-state index in [9.17, 15) is 18.0 Å². The van der Waals surface area contributed by atoms with Gasteiger partial charge in [-0.15, -0.1) is 0 Å². The summed E-state index contributed by atoms with van der Waals surface area (Å²) in [4.78, 5) is 25.1. The van der Waals surface area contributed by atoms with E-state index in [2.05, 4.69) is 14.9 Å². The van der Waals surface area contributed by atoms with Crippen LogP contribution >= 0.6 is 0 Å². The lowest BCUT2D eigenvalue weighted by molar-refractivity contribution is -0.137. The van der Waals surface area contributed by atoms with E-state index in [-0.39, 0.29) is 17.9 Å². The number of aromatic nitrogens is 2. The van der Waals surface area contributed by atoms with Crippen molar-refractivity contribution in [2.75, 3.05) is 26.2 Å². The Morgan fingerprint density at radius 1 is 1.09 bits per heavy atom. The molecule has 2 aliphatic heterocycles. The second-order valence-electron chi connectivity index (χ2n) is 8.52. The summed E-state index contributed by atoms with van der Waals surface area (Å²) in [6.45, 7) is 2.25. The van der Waals surface area contributed by atoms with Crippen molar-refractivity contribution < 1.29 is 27.4 Å². The number of alkyl halides is 3. The summed E-state index contributed by atoms with van der Waals surface area (Å²) in [5.74, 6) is 0.923. The van der Waals surface area contributed by atoms with Crippen LogP contribution in [-0.2, 0) is 6.18 Å². The lowest BCUT2D eigenvalue weighted by Gasteiger charge is -2.36. The highest BCUT2D eigenvalue weighted by atomic mass is 19.4. The number of benzene rings is 1. The van der Waals surface area contributed by atoms with Gasteiger partial charge in [0.25, 0.3) is 0 Å². The van der Waals surface area contributed by atoms with Crippen molar-refractivity contribution in [2.24, 2.45) is 0 Å². The van der Waals surface area contributed by atoms with Gasteiger partial charge >= 0.3 is 12.3 Å². The normalized spacial score (nSPS) is 23.7. The number of halogens is 3. The molecule has 170 valence electrons. The third-order valence-corrected chi connectivity index (χ3v) is 6.13. The Kier molecular flexibility index (Phi) is 5.40. The van der Waals surface area contributed by atoms with Crippen molar-refractivity contribution in [3.05, 3.63) is 47.9 Å². The Bertz CT molecular complexity index is 981. The molecule has 7 nitrogen and oxygen atoms in total. The van der Waals surface area contributed by atoms with Gasteiger partial charge in [-0.25, -0.2) is 9.78 Å². The minimum absolute atomic E-state index is 0.0551. The lowest BCUT2D eigenvalue weighted by Crippen LogP contribution is -2.52. The third kappa shape index (κ3) is 4.64. The third-order valence-electron chi connectivity index (χ3n) is 6.13. The molecule has 32 heavy (non-hydrogen) atoms. The Morgan fingerprint density at radius 2 is 1.94 bits per heavy atom. The molecular formula is C22H23F3N4O3. The fourth-order valence-corrected chi connectivity index (χ4v) is 4.30. The molecule has 1 aliphatic carbocycles. The van der Waals surface area contributed by atoms with Gasteiger partial charge in [-0.3, -0.25) is 9.88 Å². The molecule has 0 unspecified atom stereocenters. The van der Waals surface area contributed by atoms with Crippen LogP contribution in [0.3, 0.4) is 0 Å². The average Bonchev–Trinajstić information content (AvgIpc) is 3.53. The zero-order valence-electron chi connectivity index (χ0n) is 17.3. The maximum absolute atomic E-state index is 12.9. The average molecular weight is 448 g/mol. The first-order chi connectivity index (χ1) is 15.3. The Morgan fingerprint density at radius 3 is 2.66 bits per heavy atom. The van der Waals surface area contributed by atoms with Crippen molar-refractivity contribution in [3.8, 4) is 11.6 Å². The number of carbonyl (C=O) groups excluding carboxylic acids is 1. The first kappa shape index (κ1) is 21.0. The topological polar surface area (TPSA) is 67.8 Å². The molecule has 3 heterocycles. The standard InChI is InChI=1S/C22H23F3N4O3/c23-22(24,25)15-2-1-3-17(8-15)32-21(30)29-7-6-28-13-18(9-16(28)12-29)31-20-11-26-19(10-27-20)14-4-5-14/h1-3,8,10-11,14,16,18H,4-7,9,12-13H2/t16-,18+/m0/s1. The number of nitrogens with zero attached hydrogens (tertiary/aromatic N) is 4. The zero-order chi connectivity index (χ0) is 22.3. The lowest BCUT2D eigenvalue weighted by atomic mass is 10.1. The Labute approximate surface area is 183 Å². The van der Waals surface area contributed by atoms with Gasteiger partial charge in [-0.1, -0.05) is 6.07 Å². The summed E-state index contributed by atoms with van der Waals surface area (Å²) in [5.41, 5.74) is 0.160. The zero-order valence-corrected chi connectivity index (χ0v) is 17.3. The minimum atomic E-state index is -4.49. The van der Waals surface area contributed by atoms with Crippen LogP contribution in [-0.4, -0.2) is 64.2 Å². The molecule has 2 aromatic rings. The molecule has 0 N–H and O–H groups in total. The fraction of sp³-hybridized carbons (Fsp3) is 0.500. The number of rotatable bonds is 4. The summed E-state index contributed by atoms with van der Waals surface area (Å²) in [7, 11) is 0. The van der Waals surface area contributed by atoms with Gasteiger partial charge in [0, 0.05) is 44.6 Å². The van der Waals surface area contributed by atoms with Gasteiger partial charge in [-0.05, 0) is 31.0 Å². The number of hydrogen-bond donors (Lipinski definition) is 0. The van der Waals surface area contributed by atoms with Gasteiger partial charge < -0.3 is 14.4 Å². The van der Waals surface area contributed by atoms with Crippen LogP contribution in [0.4, 0.5) is 18.0 Å². The van der Waals surface area contributed by atoms with Crippen molar-refractivity contribution in [3.63, 3.8) is 0 Å². The predicted octanol–water partition coefficient (Wildman–Crippen LogP) is 3.71. The van der Waals surface area contributed by atoms with Crippen LogP contribution in [0.2, 0.25) is 0 Å². The second kappa shape index (κ2) is 8.23. The van der Waals surface area contributed by atoms with Crippen LogP contribution in [0.15, 0.2) is 36.7 Å². The smallest absolute Gasteiger partial charge is 0.416 e. The fourth-order valence-electron chi connectivity index (χ4n) is 4.30. The molecule has 1 saturated carbocycles. The highest BCUT2D eigenvalue weighted by Gasteiger charge is 2.39.